The summed E-state index contributed by atoms with van der Waals surface area (Å²) >= 11 is 0. The molecule has 0 saturated carbocycles. The first-order valence-corrected chi connectivity index (χ1v) is 6.95. The van der Waals surface area contributed by atoms with Crippen LogP contribution in [-0.2, 0) is 4.74 Å². The fraction of sp³-hybridized carbons (Fsp3) is 0.267. The van der Waals surface area contributed by atoms with Crippen molar-refractivity contribution in [2.75, 3.05) is 38.9 Å². The van der Waals surface area contributed by atoms with E-state index in [1.165, 1.54) is 20.4 Å². The molecular weight excluding hydrogens is 316 g/mol. The van der Waals surface area contributed by atoms with Gasteiger partial charge in [-0.2, -0.15) is 4.98 Å². The summed E-state index contributed by atoms with van der Waals surface area (Å²) in [4.78, 5) is 19.2. The minimum Gasteiger partial charge on any atom is -0.496 e. The Labute approximate surface area is 138 Å². The fourth-order valence-electron chi connectivity index (χ4n) is 1.86. The molecule has 2 aromatic rings. The van der Waals surface area contributed by atoms with Crippen LogP contribution >= 0.6 is 0 Å². The zero-order valence-electron chi connectivity index (χ0n) is 13.3. The van der Waals surface area contributed by atoms with Crippen LogP contribution in [0.4, 0.5) is 11.8 Å². The number of hydrogen-bond donors (Lipinski definition) is 2. The highest BCUT2D eigenvalue weighted by Crippen LogP contribution is 2.25. The van der Waals surface area contributed by atoms with Crippen LogP contribution in [0.15, 0.2) is 24.4 Å². The maximum Gasteiger partial charge on any atom is 0.341 e. The van der Waals surface area contributed by atoms with Gasteiger partial charge in [0.1, 0.15) is 30.3 Å². The van der Waals surface area contributed by atoms with E-state index in [1.54, 1.807) is 18.2 Å². The van der Waals surface area contributed by atoms with Crippen molar-refractivity contribution in [2.24, 2.45) is 0 Å². The molecule has 9 heteroatoms. The smallest absolute Gasteiger partial charge is 0.341 e. The molecule has 0 unspecified atom stereocenters. The molecule has 0 aliphatic carbocycles. The van der Waals surface area contributed by atoms with Gasteiger partial charge >= 0.3 is 5.97 Å². The highest BCUT2D eigenvalue weighted by molar-refractivity contribution is 5.92. The number of benzene rings is 1. The topological polar surface area (TPSA) is 132 Å². The summed E-state index contributed by atoms with van der Waals surface area (Å²) < 4.78 is 20.8. The van der Waals surface area contributed by atoms with Gasteiger partial charge in [-0.3, -0.25) is 0 Å². The van der Waals surface area contributed by atoms with E-state index in [4.69, 9.17) is 25.7 Å². The Morgan fingerprint density at radius 2 is 1.88 bits per heavy atom. The van der Waals surface area contributed by atoms with Crippen molar-refractivity contribution < 1.29 is 23.7 Å². The van der Waals surface area contributed by atoms with E-state index in [0.29, 0.717) is 22.8 Å². The van der Waals surface area contributed by atoms with Crippen molar-refractivity contribution in [2.45, 2.75) is 0 Å². The monoisotopic (exact) mass is 334 g/mol. The van der Waals surface area contributed by atoms with Crippen LogP contribution in [0, 0.1) is 0 Å². The number of nitrogen functional groups attached to an aromatic ring is 2. The molecule has 9 nitrogen and oxygen atoms in total. The van der Waals surface area contributed by atoms with Crippen LogP contribution < -0.4 is 25.7 Å². The molecule has 0 amide bonds. The van der Waals surface area contributed by atoms with E-state index in [2.05, 4.69) is 14.7 Å². The SMILES string of the molecule is COC(=O)c1ccc(OCCOc2cnc(N)nc2N)cc1OC. The van der Waals surface area contributed by atoms with Crippen LogP contribution in [0.1, 0.15) is 10.4 Å². The molecule has 4 N–H and O–H groups in total. The summed E-state index contributed by atoms with van der Waals surface area (Å²) in [5, 5.41) is 0. The number of carbonyl (C=O) groups excluding carboxylic acids is 1. The molecule has 0 aliphatic heterocycles. The van der Waals surface area contributed by atoms with E-state index in [1.807, 2.05) is 0 Å². The van der Waals surface area contributed by atoms with Crippen molar-refractivity contribution in [1.29, 1.82) is 0 Å². The predicted molar refractivity (Wildman–Crippen MR) is 86.2 cm³/mol. The zero-order valence-corrected chi connectivity index (χ0v) is 13.3. The average Bonchev–Trinajstić information content (AvgIpc) is 2.59. The first-order valence-electron chi connectivity index (χ1n) is 6.95. The third-order valence-electron chi connectivity index (χ3n) is 2.99. The van der Waals surface area contributed by atoms with Gasteiger partial charge in [-0.05, 0) is 12.1 Å². The summed E-state index contributed by atoms with van der Waals surface area (Å²) in [5.74, 6) is 0.952. The van der Waals surface area contributed by atoms with Crippen LogP contribution in [-0.4, -0.2) is 43.4 Å². The highest BCUT2D eigenvalue weighted by Gasteiger charge is 2.13. The number of methoxy groups -OCH3 is 2. The maximum absolute atomic E-state index is 11.6. The van der Waals surface area contributed by atoms with E-state index in [0.717, 1.165) is 0 Å². The lowest BCUT2D eigenvalue weighted by Crippen LogP contribution is -2.11. The van der Waals surface area contributed by atoms with Crippen LogP contribution in [0.2, 0.25) is 0 Å². The molecule has 0 fully saturated rings. The maximum atomic E-state index is 11.6. The second-order valence-electron chi connectivity index (χ2n) is 4.53. The van der Waals surface area contributed by atoms with Crippen molar-refractivity contribution in [3.05, 3.63) is 30.0 Å². The number of ether oxygens (including phenoxy) is 4. The Hall–Kier alpha value is -3.23. The van der Waals surface area contributed by atoms with Gasteiger partial charge in [0.05, 0.1) is 20.4 Å². The predicted octanol–water partition coefficient (Wildman–Crippen LogP) is 0.894. The minimum atomic E-state index is -0.486. The molecule has 0 saturated heterocycles. The third kappa shape index (κ3) is 4.15. The molecule has 1 heterocycles. The van der Waals surface area contributed by atoms with Gasteiger partial charge in [0.15, 0.2) is 11.6 Å². The van der Waals surface area contributed by atoms with Crippen LogP contribution in [0.25, 0.3) is 0 Å². The van der Waals surface area contributed by atoms with Gasteiger partial charge in [-0.25, -0.2) is 9.78 Å². The van der Waals surface area contributed by atoms with Gasteiger partial charge in [-0.15, -0.1) is 0 Å². The molecule has 0 atom stereocenters. The number of hydrogen-bond acceptors (Lipinski definition) is 9. The standard InChI is InChI=1S/C15H18N4O5/c1-21-11-7-9(3-4-10(11)14(20)22-2)23-5-6-24-12-8-18-15(17)19-13(12)16/h3-4,7-8H,5-6H2,1-2H3,(H4,16,17,18,19). The summed E-state index contributed by atoms with van der Waals surface area (Å²) in [5.41, 5.74) is 11.4. The van der Waals surface area contributed by atoms with Crippen molar-refractivity contribution in [1.82, 2.24) is 9.97 Å². The highest BCUT2D eigenvalue weighted by atomic mass is 16.5. The molecular formula is C15H18N4O5. The molecule has 1 aromatic carbocycles. The first kappa shape index (κ1) is 17.1. The summed E-state index contributed by atoms with van der Waals surface area (Å²) in [6.07, 6.45) is 1.39. The first-order chi connectivity index (χ1) is 11.5. The van der Waals surface area contributed by atoms with E-state index < -0.39 is 5.97 Å². The van der Waals surface area contributed by atoms with Crippen LogP contribution in [0.5, 0.6) is 17.2 Å². The lowest BCUT2D eigenvalue weighted by molar-refractivity contribution is 0.0597. The lowest BCUT2D eigenvalue weighted by atomic mass is 10.2. The quantitative estimate of drug-likeness (QED) is 0.559. The van der Waals surface area contributed by atoms with Gasteiger partial charge < -0.3 is 30.4 Å². The second kappa shape index (κ2) is 7.86. The molecule has 0 aliphatic rings. The number of esters is 1. The third-order valence-corrected chi connectivity index (χ3v) is 2.99. The second-order valence-corrected chi connectivity index (χ2v) is 4.53. The van der Waals surface area contributed by atoms with Crippen molar-refractivity contribution >= 4 is 17.7 Å². The largest absolute Gasteiger partial charge is 0.496 e. The Morgan fingerprint density at radius 3 is 2.54 bits per heavy atom. The Kier molecular flexibility index (Phi) is 5.61. The number of nitrogens with two attached hydrogens (primary N) is 2. The molecule has 0 spiro atoms. The Balaban J connectivity index is 1.91. The number of rotatable bonds is 7. The van der Waals surface area contributed by atoms with Crippen molar-refractivity contribution in [3.8, 4) is 17.2 Å². The van der Waals surface area contributed by atoms with Gasteiger partial charge in [-0.1, -0.05) is 0 Å². The molecule has 2 rings (SSSR count). The van der Waals surface area contributed by atoms with Gasteiger partial charge in [0.25, 0.3) is 0 Å². The fourth-order valence-corrected chi connectivity index (χ4v) is 1.86. The van der Waals surface area contributed by atoms with Crippen molar-refractivity contribution in [3.63, 3.8) is 0 Å². The average molecular weight is 334 g/mol. The minimum absolute atomic E-state index is 0.0777. The number of aromatic nitrogens is 2. The Bertz CT molecular complexity index is 723. The normalized spacial score (nSPS) is 10.1. The lowest BCUT2D eigenvalue weighted by Gasteiger charge is -2.11. The van der Waals surface area contributed by atoms with Gasteiger partial charge in [0.2, 0.25) is 5.95 Å². The van der Waals surface area contributed by atoms with E-state index in [-0.39, 0.29) is 25.0 Å². The zero-order chi connectivity index (χ0) is 17.5. The molecule has 1 aromatic heterocycles. The Morgan fingerprint density at radius 1 is 1.12 bits per heavy atom. The number of anilines is 2. The van der Waals surface area contributed by atoms with E-state index in [9.17, 15) is 4.79 Å². The summed E-state index contributed by atoms with van der Waals surface area (Å²) in [7, 11) is 2.76. The molecule has 0 bridgehead atoms. The number of carbonyl (C=O) groups is 1. The van der Waals surface area contributed by atoms with E-state index >= 15 is 0 Å². The summed E-state index contributed by atoms with van der Waals surface area (Å²) in [6, 6.07) is 4.79. The molecule has 128 valence electrons. The number of nitrogens with zero attached hydrogens (tertiary/aromatic N) is 2. The van der Waals surface area contributed by atoms with Crippen LogP contribution in [0.3, 0.4) is 0 Å². The molecule has 24 heavy (non-hydrogen) atoms. The van der Waals surface area contributed by atoms with Gasteiger partial charge in [0, 0.05) is 6.07 Å². The summed E-state index contributed by atoms with van der Waals surface area (Å²) in [6.45, 7) is 0.461. The molecule has 0 radical (unpaired) electrons.